The molecule has 2 aromatic carbocycles. The van der Waals surface area contributed by atoms with Crippen LogP contribution in [0.1, 0.15) is 16.2 Å². The van der Waals surface area contributed by atoms with Gasteiger partial charge >= 0.3 is 0 Å². The van der Waals surface area contributed by atoms with E-state index in [1.54, 1.807) is 0 Å². The highest BCUT2D eigenvalue weighted by Gasteiger charge is 2.33. The van der Waals surface area contributed by atoms with Crippen LogP contribution >= 0.6 is 0 Å². The number of ketones is 1. The Hall–Kier alpha value is -3.37. The third-order valence-corrected chi connectivity index (χ3v) is 6.61. The highest BCUT2D eigenvalue weighted by molar-refractivity contribution is 6.13. The average Bonchev–Trinajstić information content (AvgIpc) is 3.11. The number of carbonyl (C=O) groups excluding carboxylic acids is 1. The first-order valence-corrected chi connectivity index (χ1v) is 11.1. The van der Waals surface area contributed by atoms with Crippen LogP contribution in [0.2, 0.25) is 0 Å². The van der Waals surface area contributed by atoms with Crippen LogP contribution in [-0.4, -0.2) is 67.7 Å². The molecule has 10 heteroatoms. The summed E-state index contributed by atoms with van der Waals surface area (Å²) in [5, 5.41) is 6.52. The summed E-state index contributed by atoms with van der Waals surface area (Å²) in [5.74, 6) is -1.60. The minimum atomic E-state index is -0.536. The molecule has 2 N–H and O–H groups in total. The molecule has 4 heterocycles. The fourth-order valence-corrected chi connectivity index (χ4v) is 4.91. The summed E-state index contributed by atoms with van der Waals surface area (Å²) in [7, 11) is 0. The van der Waals surface area contributed by atoms with Gasteiger partial charge in [-0.15, -0.1) is 0 Å². The fourth-order valence-electron chi connectivity index (χ4n) is 4.91. The van der Waals surface area contributed by atoms with Crippen molar-refractivity contribution in [1.29, 1.82) is 0 Å². The van der Waals surface area contributed by atoms with Crippen molar-refractivity contribution in [2.75, 3.05) is 62.2 Å². The summed E-state index contributed by atoms with van der Waals surface area (Å²) in [6.07, 6.45) is 0. The lowest BCUT2D eigenvalue weighted by Crippen LogP contribution is -2.44. The molecule has 0 saturated carbocycles. The van der Waals surface area contributed by atoms with Crippen LogP contribution in [0.5, 0.6) is 0 Å². The molecule has 0 radical (unpaired) electrons. The number of hydrogen-bond donors (Lipinski definition) is 2. The van der Waals surface area contributed by atoms with E-state index in [9.17, 15) is 14.0 Å². The lowest BCUT2D eigenvalue weighted by molar-refractivity contribution is 0.103. The zero-order chi connectivity index (χ0) is 22.7. The first-order valence-electron chi connectivity index (χ1n) is 11.1. The molecular formula is C23H22F2N6O2. The number of piperazine rings is 2. The quantitative estimate of drug-likeness (QED) is 0.470. The average molecular weight is 452 g/mol. The van der Waals surface area contributed by atoms with E-state index in [-0.39, 0.29) is 28.0 Å². The van der Waals surface area contributed by atoms with Gasteiger partial charge in [0, 0.05) is 52.4 Å². The summed E-state index contributed by atoms with van der Waals surface area (Å²) < 4.78 is 31.1. The van der Waals surface area contributed by atoms with E-state index < -0.39 is 23.0 Å². The minimum Gasteiger partial charge on any atom is -0.367 e. The predicted octanol–water partition coefficient (Wildman–Crippen LogP) is 1.03. The Morgan fingerprint density at radius 1 is 0.758 bits per heavy atom. The highest BCUT2D eigenvalue weighted by atomic mass is 19.1. The lowest BCUT2D eigenvalue weighted by Gasteiger charge is -2.30. The molecular weight excluding hydrogens is 430 g/mol. The van der Waals surface area contributed by atoms with Crippen LogP contribution in [0.4, 0.5) is 20.2 Å². The van der Waals surface area contributed by atoms with Crippen molar-refractivity contribution in [3.05, 3.63) is 57.6 Å². The van der Waals surface area contributed by atoms with Crippen molar-refractivity contribution in [3.8, 4) is 5.69 Å². The third-order valence-electron chi connectivity index (χ3n) is 6.61. The van der Waals surface area contributed by atoms with Gasteiger partial charge in [0.25, 0.3) is 5.56 Å². The van der Waals surface area contributed by atoms with Gasteiger partial charge in [0.1, 0.15) is 11.6 Å². The number of rotatable bonds is 2. The van der Waals surface area contributed by atoms with Crippen molar-refractivity contribution >= 4 is 28.1 Å². The molecule has 3 aromatic rings. The monoisotopic (exact) mass is 452 g/mol. The van der Waals surface area contributed by atoms with E-state index >= 15 is 4.39 Å². The van der Waals surface area contributed by atoms with E-state index in [0.717, 1.165) is 13.1 Å². The number of anilines is 2. The Morgan fingerprint density at radius 2 is 1.33 bits per heavy atom. The SMILES string of the molecule is O=C1c2cc(F)c(N3CCNCC3)cc2-n2c1nc1cc(N3CCNCC3)c(F)cc1c2=O. The second-order valence-corrected chi connectivity index (χ2v) is 8.52. The van der Waals surface area contributed by atoms with E-state index in [2.05, 4.69) is 15.6 Å². The summed E-state index contributed by atoms with van der Waals surface area (Å²) in [5.41, 5.74) is 0.792. The van der Waals surface area contributed by atoms with E-state index in [0.29, 0.717) is 50.6 Å². The molecule has 6 rings (SSSR count). The van der Waals surface area contributed by atoms with Crippen LogP contribution in [0, 0.1) is 11.6 Å². The molecule has 0 amide bonds. The first kappa shape index (κ1) is 20.3. The summed E-state index contributed by atoms with van der Waals surface area (Å²) in [6.45, 7) is 5.37. The Labute approximate surface area is 187 Å². The zero-order valence-corrected chi connectivity index (χ0v) is 17.8. The Morgan fingerprint density at radius 3 is 1.97 bits per heavy atom. The minimum absolute atomic E-state index is 0.0720. The fraction of sp³-hybridized carbons (Fsp3) is 0.348. The smallest absolute Gasteiger partial charge is 0.266 e. The maximum atomic E-state index is 15.0. The van der Waals surface area contributed by atoms with Crippen LogP contribution in [0.3, 0.4) is 0 Å². The van der Waals surface area contributed by atoms with Gasteiger partial charge in [-0.05, 0) is 24.3 Å². The molecule has 0 spiro atoms. The highest BCUT2D eigenvalue weighted by Crippen LogP contribution is 2.33. The molecule has 0 atom stereocenters. The third kappa shape index (κ3) is 3.12. The lowest BCUT2D eigenvalue weighted by atomic mass is 10.1. The molecule has 1 aromatic heterocycles. The number of fused-ring (bicyclic) bond motifs is 4. The number of nitrogens with one attached hydrogen (secondary N) is 2. The summed E-state index contributed by atoms with van der Waals surface area (Å²) >= 11 is 0. The molecule has 2 saturated heterocycles. The van der Waals surface area contributed by atoms with E-state index in [4.69, 9.17) is 0 Å². The number of aromatic nitrogens is 2. The standard InChI is InChI=1S/C23H22F2N6O2/c24-15-9-13-17(11-19(15)29-5-1-26-2-6-29)28-22-21(32)14-10-16(25)20(30-7-3-27-4-8-30)12-18(14)31(22)23(13)33/h9-12,26-27H,1-8H2. The molecule has 3 aliphatic rings. The van der Waals surface area contributed by atoms with E-state index in [1.165, 1.54) is 28.8 Å². The second-order valence-electron chi connectivity index (χ2n) is 8.52. The number of carbonyl (C=O) groups is 1. The largest absolute Gasteiger partial charge is 0.367 e. The molecule has 0 aliphatic carbocycles. The van der Waals surface area contributed by atoms with Crippen LogP contribution in [0.15, 0.2) is 29.1 Å². The predicted molar refractivity (Wildman–Crippen MR) is 121 cm³/mol. The van der Waals surface area contributed by atoms with Gasteiger partial charge in [0.2, 0.25) is 5.78 Å². The van der Waals surface area contributed by atoms with Crippen molar-refractivity contribution in [3.63, 3.8) is 0 Å². The topological polar surface area (TPSA) is 82.5 Å². The molecule has 0 bridgehead atoms. The molecule has 3 aliphatic heterocycles. The Bertz CT molecular complexity index is 1360. The molecule has 33 heavy (non-hydrogen) atoms. The molecule has 8 nitrogen and oxygen atoms in total. The second kappa shape index (κ2) is 7.60. The van der Waals surface area contributed by atoms with Gasteiger partial charge in [-0.25, -0.2) is 13.8 Å². The van der Waals surface area contributed by atoms with Gasteiger partial charge in [0.15, 0.2) is 5.82 Å². The number of benzene rings is 2. The van der Waals surface area contributed by atoms with Gasteiger partial charge in [-0.1, -0.05) is 0 Å². The maximum absolute atomic E-state index is 15.0. The van der Waals surface area contributed by atoms with Crippen molar-refractivity contribution in [1.82, 2.24) is 20.2 Å². The molecule has 2 fully saturated rings. The van der Waals surface area contributed by atoms with Gasteiger partial charge in [-0.2, -0.15) is 0 Å². The van der Waals surface area contributed by atoms with Gasteiger partial charge in [-0.3, -0.25) is 14.2 Å². The maximum Gasteiger partial charge on any atom is 0.266 e. The molecule has 170 valence electrons. The number of nitrogens with zero attached hydrogens (tertiary/aromatic N) is 4. The Balaban J connectivity index is 1.51. The Kier molecular flexibility index (Phi) is 4.66. The van der Waals surface area contributed by atoms with Crippen LogP contribution in [0.25, 0.3) is 16.6 Å². The van der Waals surface area contributed by atoms with Gasteiger partial charge < -0.3 is 20.4 Å². The first-order chi connectivity index (χ1) is 16.0. The van der Waals surface area contributed by atoms with Gasteiger partial charge in [0.05, 0.1) is 33.5 Å². The van der Waals surface area contributed by atoms with Crippen molar-refractivity contribution in [2.45, 2.75) is 0 Å². The molecule has 0 unspecified atom stereocenters. The zero-order valence-electron chi connectivity index (χ0n) is 17.8. The van der Waals surface area contributed by atoms with Crippen molar-refractivity contribution < 1.29 is 13.6 Å². The number of halogens is 2. The normalized spacial score (nSPS) is 18.1. The summed E-state index contributed by atoms with van der Waals surface area (Å²) in [6, 6.07) is 5.44. The summed E-state index contributed by atoms with van der Waals surface area (Å²) in [4.78, 5) is 34.7. The van der Waals surface area contributed by atoms with Crippen molar-refractivity contribution in [2.24, 2.45) is 0 Å². The van der Waals surface area contributed by atoms with E-state index in [1.807, 2.05) is 9.80 Å². The number of hydrogen-bond acceptors (Lipinski definition) is 7. The van der Waals surface area contributed by atoms with Crippen LogP contribution in [-0.2, 0) is 0 Å². The van der Waals surface area contributed by atoms with Crippen LogP contribution < -0.4 is 26.0 Å².